The van der Waals surface area contributed by atoms with E-state index in [0.29, 0.717) is 11.4 Å². The molecule has 0 fully saturated rings. The molecule has 96 valence electrons. The average Bonchev–Trinajstić information content (AvgIpc) is 2.89. The van der Waals surface area contributed by atoms with E-state index in [2.05, 4.69) is 15.0 Å². The number of anilines is 1. The van der Waals surface area contributed by atoms with Crippen LogP contribution < -0.4 is 10.0 Å². The van der Waals surface area contributed by atoms with E-state index in [-0.39, 0.29) is 11.6 Å². The molecular formula is C11H13N3O3S. The number of hydrogen-bond donors (Lipinski definition) is 2. The van der Waals surface area contributed by atoms with Crippen LogP contribution in [0.5, 0.6) is 0 Å². The summed E-state index contributed by atoms with van der Waals surface area (Å²) in [6.45, 7) is 0.0923. The highest BCUT2D eigenvalue weighted by molar-refractivity contribution is 7.89. The summed E-state index contributed by atoms with van der Waals surface area (Å²) >= 11 is 0. The summed E-state index contributed by atoms with van der Waals surface area (Å²) in [7, 11) is -2.02. The monoisotopic (exact) mass is 267 g/mol. The van der Waals surface area contributed by atoms with Crippen molar-refractivity contribution in [2.75, 3.05) is 12.4 Å². The fraction of sp³-hybridized carbons (Fsp3) is 0.182. The zero-order chi connectivity index (χ0) is 13.0. The predicted octanol–water partition coefficient (Wildman–Crippen LogP) is 1.19. The minimum absolute atomic E-state index is 0.0287. The van der Waals surface area contributed by atoms with E-state index in [1.165, 1.54) is 12.5 Å². The second kappa shape index (κ2) is 5.19. The molecule has 0 unspecified atom stereocenters. The Morgan fingerprint density at radius 1 is 1.33 bits per heavy atom. The van der Waals surface area contributed by atoms with Gasteiger partial charge in [-0.05, 0) is 24.3 Å². The van der Waals surface area contributed by atoms with Gasteiger partial charge in [0.1, 0.15) is 5.76 Å². The Balaban J connectivity index is 2.20. The van der Waals surface area contributed by atoms with Crippen molar-refractivity contribution in [1.82, 2.24) is 9.71 Å². The van der Waals surface area contributed by atoms with Gasteiger partial charge in [0.05, 0.1) is 18.5 Å². The van der Waals surface area contributed by atoms with Gasteiger partial charge < -0.3 is 9.73 Å². The van der Waals surface area contributed by atoms with Crippen molar-refractivity contribution in [2.45, 2.75) is 11.6 Å². The molecule has 6 nitrogen and oxygen atoms in total. The molecule has 2 N–H and O–H groups in total. The molecule has 18 heavy (non-hydrogen) atoms. The van der Waals surface area contributed by atoms with Crippen molar-refractivity contribution in [3.63, 3.8) is 0 Å². The number of nitrogens with zero attached hydrogens (tertiary/aromatic N) is 1. The molecule has 2 rings (SSSR count). The van der Waals surface area contributed by atoms with Gasteiger partial charge in [0.15, 0.2) is 5.03 Å². The molecular weight excluding hydrogens is 254 g/mol. The molecule has 0 amide bonds. The third kappa shape index (κ3) is 2.69. The number of aromatic nitrogens is 1. The zero-order valence-electron chi connectivity index (χ0n) is 9.75. The second-order valence-electron chi connectivity index (χ2n) is 3.51. The number of nitrogens with one attached hydrogen (secondary N) is 2. The highest BCUT2D eigenvalue weighted by Gasteiger charge is 2.19. The van der Waals surface area contributed by atoms with E-state index in [1.807, 2.05) is 0 Å². The lowest BCUT2D eigenvalue weighted by Crippen LogP contribution is -2.24. The van der Waals surface area contributed by atoms with Crippen LogP contribution in [0.4, 0.5) is 5.69 Å². The summed E-state index contributed by atoms with van der Waals surface area (Å²) in [5.74, 6) is 0.542. The van der Waals surface area contributed by atoms with Gasteiger partial charge in [-0.25, -0.2) is 18.1 Å². The van der Waals surface area contributed by atoms with Crippen LogP contribution >= 0.6 is 0 Å². The lowest BCUT2D eigenvalue weighted by atomic mass is 10.4. The molecule has 2 aromatic heterocycles. The molecule has 0 atom stereocenters. The standard InChI is InChI=1S/C11H13N3O3S/c1-12-10-5-2-6-13-11(10)18(15,16)14-8-9-4-3-7-17-9/h2-7,12,14H,8H2,1H3. The smallest absolute Gasteiger partial charge is 0.260 e. The minimum atomic E-state index is -3.66. The van der Waals surface area contributed by atoms with Gasteiger partial charge >= 0.3 is 0 Å². The molecule has 0 saturated heterocycles. The number of rotatable bonds is 5. The van der Waals surface area contributed by atoms with Crippen molar-refractivity contribution >= 4 is 15.7 Å². The van der Waals surface area contributed by atoms with Crippen LogP contribution in [0.2, 0.25) is 0 Å². The van der Waals surface area contributed by atoms with Gasteiger partial charge in [-0.3, -0.25) is 0 Å². The quantitative estimate of drug-likeness (QED) is 0.850. The molecule has 7 heteroatoms. The second-order valence-corrected chi connectivity index (χ2v) is 5.19. The normalized spacial score (nSPS) is 11.4. The van der Waals surface area contributed by atoms with Gasteiger partial charge in [0, 0.05) is 13.2 Å². The highest BCUT2D eigenvalue weighted by atomic mass is 32.2. The van der Waals surface area contributed by atoms with E-state index in [4.69, 9.17) is 4.42 Å². The maximum atomic E-state index is 12.1. The summed E-state index contributed by atoms with van der Waals surface area (Å²) in [5.41, 5.74) is 0.449. The van der Waals surface area contributed by atoms with Gasteiger partial charge in [-0.15, -0.1) is 0 Å². The first kappa shape index (κ1) is 12.6. The first-order valence-electron chi connectivity index (χ1n) is 5.28. The first-order valence-corrected chi connectivity index (χ1v) is 6.76. The van der Waals surface area contributed by atoms with E-state index < -0.39 is 10.0 Å². The molecule has 0 bridgehead atoms. The third-order valence-corrected chi connectivity index (χ3v) is 3.67. The lowest BCUT2D eigenvalue weighted by Gasteiger charge is -2.08. The van der Waals surface area contributed by atoms with Crippen LogP contribution in [0.1, 0.15) is 5.76 Å². The molecule has 0 aliphatic carbocycles. The summed E-state index contributed by atoms with van der Waals surface area (Å²) in [6, 6.07) is 6.70. The maximum absolute atomic E-state index is 12.1. The van der Waals surface area contributed by atoms with Crippen molar-refractivity contribution in [3.05, 3.63) is 42.5 Å². The van der Waals surface area contributed by atoms with Crippen LogP contribution in [0.25, 0.3) is 0 Å². The average molecular weight is 267 g/mol. The Labute approximate surface area is 105 Å². The van der Waals surface area contributed by atoms with Crippen molar-refractivity contribution in [1.29, 1.82) is 0 Å². The van der Waals surface area contributed by atoms with Crippen LogP contribution in [0.15, 0.2) is 46.2 Å². The van der Waals surface area contributed by atoms with E-state index in [9.17, 15) is 8.42 Å². The molecule has 0 spiro atoms. The summed E-state index contributed by atoms with van der Waals surface area (Å²) in [6.07, 6.45) is 2.92. The van der Waals surface area contributed by atoms with E-state index >= 15 is 0 Å². The molecule has 2 heterocycles. The topological polar surface area (TPSA) is 84.2 Å². The largest absolute Gasteiger partial charge is 0.468 e. The SMILES string of the molecule is CNc1cccnc1S(=O)(=O)NCc1ccco1. The molecule has 0 aliphatic rings. The molecule has 0 radical (unpaired) electrons. The van der Waals surface area contributed by atoms with E-state index in [0.717, 1.165) is 0 Å². The van der Waals surface area contributed by atoms with Crippen molar-refractivity contribution in [3.8, 4) is 0 Å². The van der Waals surface area contributed by atoms with Gasteiger partial charge in [-0.1, -0.05) is 0 Å². The lowest BCUT2D eigenvalue weighted by molar-refractivity contribution is 0.498. The van der Waals surface area contributed by atoms with Gasteiger partial charge in [0.2, 0.25) is 0 Å². The Bertz CT molecular complexity index is 608. The number of hydrogen-bond acceptors (Lipinski definition) is 5. The summed E-state index contributed by atoms with van der Waals surface area (Å²) < 4.78 is 31.6. The molecule has 0 aromatic carbocycles. The molecule has 0 saturated carbocycles. The fourth-order valence-electron chi connectivity index (χ4n) is 1.44. The summed E-state index contributed by atoms with van der Waals surface area (Å²) in [4.78, 5) is 3.88. The van der Waals surface area contributed by atoms with Crippen molar-refractivity contribution < 1.29 is 12.8 Å². The van der Waals surface area contributed by atoms with E-state index in [1.54, 1.807) is 31.3 Å². The zero-order valence-corrected chi connectivity index (χ0v) is 10.6. The fourth-order valence-corrected chi connectivity index (χ4v) is 2.57. The Kier molecular flexibility index (Phi) is 3.63. The first-order chi connectivity index (χ1) is 8.63. The van der Waals surface area contributed by atoms with Crippen LogP contribution in [-0.2, 0) is 16.6 Å². The third-order valence-electron chi connectivity index (χ3n) is 2.31. The Hall–Kier alpha value is -1.86. The van der Waals surface area contributed by atoms with Crippen LogP contribution in [0, 0.1) is 0 Å². The Morgan fingerprint density at radius 3 is 2.83 bits per heavy atom. The predicted molar refractivity (Wildman–Crippen MR) is 66.5 cm³/mol. The minimum Gasteiger partial charge on any atom is -0.468 e. The summed E-state index contributed by atoms with van der Waals surface area (Å²) in [5, 5.41) is 2.76. The van der Waals surface area contributed by atoms with Crippen LogP contribution in [-0.4, -0.2) is 20.4 Å². The van der Waals surface area contributed by atoms with Crippen LogP contribution in [0.3, 0.4) is 0 Å². The number of furan rings is 1. The highest BCUT2D eigenvalue weighted by Crippen LogP contribution is 2.17. The van der Waals surface area contributed by atoms with Gasteiger partial charge in [-0.2, -0.15) is 0 Å². The number of sulfonamides is 1. The molecule has 0 aliphatic heterocycles. The number of pyridine rings is 1. The van der Waals surface area contributed by atoms with Crippen molar-refractivity contribution in [2.24, 2.45) is 0 Å². The van der Waals surface area contributed by atoms with Gasteiger partial charge in [0.25, 0.3) is 10.0 Å². The molecule has 2 aromatic rings. The maximum Gasteiger partial charge on any atom is 0.260 e. The Morgan fingerprint density at radius 2 is 2.17 bits per heavy atom.